The minimum absolute atomic E-state index is 0.0854. The Morgan fingerprint density at radius 1 is 0.906 bits per heavy atom. The zero-order valence-corrected chi connectivity index (χ0v) is 17.4. The van der Waals surface area contributed by atoms with Crippen LogP contribution in [0.25, 0.3) is 0 Å². The molecule has 0 aromatic heterocycles. The number of primary sulfonamides is 1. The zero-order chi connectivity index (χ0) is 23.5. The summed E-state index contributed by atoms with van der Waals surface area (Å²) in [6.45, 7) is 0.171. The molecule has 0 atom stereocenters. The minimum atomic E-state index is -5.07. The van der Waals surface area contributed by atoms with E-state index in [-0.39, 0.29) is 18.8 Å². The van der Waals surface area contributed by atoms with Crippen molar-refractivity contribution in [1.82, 2.24) is 0 Å². The number of nitrogens with two attached hydrogens (primary N) is 1. The molecule has 0 saturated heterocycles. The number of anilines is 1. The molecule has 0 radical (unpaired) electrons. The Hall–Kier alpha value is -3.37. The highest BCUT2D eigenvalue weighted by Gasteiger charge is 2.38. The summed E-state index contributed by atoms with van der Waals surface area (Å²) < 4.78 is 64.8. The molecule has 10 heteroatoms. The predicted octanol–water partition coefficient (Wildman–Crippen LogP) is 4.26. The smallest absolute Gasteiger partial charge is 0.417 e. The quantitative estimate of drug-likeness (QED) is 0.544. The van der Waals surface area contributed by atoms with Crippen LogP contribution in [0.2, 0.25) is 0 Å². The number of aromatic carboxylic acids is 1. The van der Waals surface area contributed by atoms with Crippen molar-refractivity contribution in [2.45, 2.75) is 24.2 Å². The van der Waals surface area contributed by atoms with E-state index in [9.17, 15) is 31.5 Å². The predicted molar refractivity (Wildman–Crippen MR) is 113 cm³/mol. The van der Waals surface area contributed by atoms with Crippen LogP contribution in [0, 0.1) is 0 Å². The average molecular weight is 464 g/mol. The van der Waals surface area contributed by atoms with E-state index in [0.29, 0.717) is 12.1 Å². The molecule has 0 bridgehead atoms. The highest BCUT2D eigenvalue weighted by atomic mass is 32.2. The van der Waals surface area contributed by atoms with Gasteiger partial charge in [-0.2, -0.15) is 13.2 Å². The standard InChI is InChI=1S/C22H19F3N2O4S/c23-22(24,25)18-12-19(17(21(28)29)11-20(18)32(26,30)31)27(13-15-7-3-1-4-8-15)14-16-9-5-2-6-10-16/h1-12H,13-14H2,(H,28,29)(H2,26,30,31). The maximum atomic E-state index is 13.7. The van der Waals surface area contributed by atoms with E-state index in [0.717, 1.165) is 11.1 Å². The zero-order valence-electron chi connectivity index (χ0n) is 16.6. The van der Waals surface area contributed by atoms with Gasteiger partial charge in [-0.25, -0.2) is 18.4 Å². The van der Waals surface area contributed by atoms with Crippen molar-refractivity contribution in [2.24, 2.45) is 5.14 Å². The Labute approximate surface area is 182 Å². The summed E-state index contributed by atoms with van der Waals surface area (Å²) in [7, 11) is -4.83. The summed E-state index contributed by atoms with van der Waals surface area (Å²) in [5.41, 5.74) is -0.947. The summed E-state index contributed by atoms with van der Waals surface area (Å²) in [5, 5.41) is 14.6. The number of carboxylic acids is 1. The van der Waals surface area contributed by atoms with Gasteiger partial charge in [-0.05, 0) is 23.3 Å². The van der Waals surface area contributed by atoms with Crippen LogP contribution in [0.5, 0.6) is 0 Å². The molecule has 0 fully saturated rings. The number of hydrogen-bond acceptors (Lipinski definition) is 4. The Kier molecular flexibility index (Phi) is 6.56. The molecule has 0 saturated carbocycles. The van der Waals surface area contributed by atoms with Crippen molar-refractivity contribution in [3.63, 3.8) is 0 Å². The maximum absolute atomic E-state index is 13.7. The van der Waals surface area contributed by atoms with E-state index in [4.69, 9.17) is 5.14 Å². The van der Waals surface area contributed by atoms with E-state index >= 15 is 0 Å². The number of hydrogen-bond donors (Lipinski definition) is 2. The van der Waals surface area contributed by atoms with Crippen LogP contribution in [0.1, 0.15) is 27.0 Å². The Balaban J connectivity index is 2.24. The van der Waals surface area contributed by atoms with Gasteiger partial charge in [0.2, 0.25) is 10.0 Å². The first-order valence-corrected chi connectivity index (χ1v) is 10.9. The minimum Gasteiger partial charge on any atom is -0.478 e. The van der Waals surface area contributed by atoms with Crippen LogP contribution in [-0.2, 0) is 29.3 Å². The highest BCUT2D eigenvalue weighted by molar-refractivity contribution is 7.89. The Bertz CT molecular complexity index is 1170. The van der Waals surface area contributed by atoms with Gasteiger partial charge in [0.15, 0.2) is 0 Å². The number of nitrogens with zero attached hydrogens (tertiary/aromatic N) is 1. The second-order valence-electron chi connectivity index (χ2n) is 7.04. The first-order chi connectivity index (χ1) is 15.0. The van der Waals surface area contributed by atoms with E-state index in [1.54, 1.807) is 60.7 Å². The van der Waals surface area contributed by atoms with Crippen LogP contribution >= 0.6 is 0 Å². The molecule has 0 aliphatic heterocycles. The summed E-state index contributed by atoms with van der Waals surface area (Å²) in [6.07, 6.45) is -5.07. The van der Waals surface area contributed by atoms with Crippen molar-refractivity contribution in [1.29, 1.82) is 0 Å². The number of halogens is 3. The molecule has 6 nitrogen and oxygen atoms in total. The van der Waals surface area contributed by atoms with Gasteiger partial charge in [0.25, 0.3) is 0 Å². The monoisotopic (exact) mass is 464 g/mol. The lowest BCUT2D eigenvalue weighted by Crippen LogP contribution is -2.27. The van der Waals surface area contributed by atoms with Crippen LogP contribution in [0.15, 0.2) is 77.7 Å². The van der Waals surface area contributed by atoms with Gasteiger partial charge in [0.05, 0.1) is 21.7 Å². The normalized spacial score (nSPS) is 11.9. The van der Waals surface area contributed by atoms with Crippen LogP contribution < -0.4 is 10.0 Å². The van der Waals surface area contributed by atoms with Crippen LogP contribution in [-0.4, -0.2) is 19.5 Å². The van der Waals surface area contributed by atoms with Crippen LogP contribution in [0.4, 0.5) is 18.9 Å². The highest BCUT2D eigenvalue weighted by Crippen LogP contribution is 2.39. The lowest BCUT2D eigenvalue weighted by molar-refractivity contribution is -0.139. The molecular formula is C22H19F3N2O4S. The fourth-order valence-corrected chi connectivity index (χ4v) is 4.06. The van der Waals surface area contributed by atoms with Crippen LogP contribution in [0.3, 0.4) is 0 Å². The lowest BCUT2D eigenvalue weighted by Gasteiger charge is -2.28. The van der Waals surface area contributed by atoms with Gasteiger partial charge in [0, 0.05) is 13.1 Å². The molecule has 0 amide bonds. The molecule has 3 rings (SSSR count). The second kappa shape index (κ2) is 9.01. The van der Waals surface area contributed by atoms with E-state index in [1.165, 1.54) is 4.90 Å². The van der Waals surface area contributed by atoms with Crippen molar-refractivity contribution in [3.05, 3.63) is 95.1 Å². The first-order valence-electron chi connectivity index (χ1n) is 9.31. The van der Waals surface area contributed by atoms with Gasteiger partial charge in [-0.15, -0.1) is 0 Å². The summed E-state index contributed by atoms with van der Waals surface area (Å²) in [4.78, 5) is 12.1. The van der Waals surface area contributed by atoms with E-state index in [1.807, 2.05) is 0 Å². The summed E-state index contributed by atoms with van der Waals surface area (Å²) in [6, 6.07) is 18.6. The van der Waals surface area contributed by atoms with Gasteiger partial charge < -0.3 is 10.0 Å². The van der Waals surface area contributed by atoms with Gasteiger partial charge in [-0.1, -0.05) is 60.7 Å². The maximum Gasteiger partial charge on any atom is 0.417 e. The fraction of sp³-hybridized carbons (Fsp3) is 0.136. The third-order valence-electron chi connectivity index (χ3n) is 4.71. The molecule has 0 aliphatic rings. The topological polar surface area (TPSA) is 101 Å². The fourth-order valence-electron chi connectivity index (χ4n) is 3.29. The molecule has 32 heavy (non-hydrogen) atoms. The number of carbonyl (C=O) groups is 1. The summed E-state index contributed by atoms with van der Waals surface area (Å²) >= 11 is 0. The average Bonchev–Trinajstić information content (AvgIpc) is 2.72. The Morgan fingerprint density at radius 2 is 1.38 bits per heavy atom. The van der Waals surface area contributed by atoms with Crippen molar-refractivity contribution in [2.75, 3.05) is 4.90 Å². The molecule has 3 aromatic rings. The van der Waals surface area contributed by atoms with Gasteiger partial charge in [-0.3, -0.25) is 0 Å². The van der Waals surface area contributed by atoms with Gasteiger partial charge >= 0.3 is 12.1 Å². The van der Waals surface area contributed by atoms with E-state index in [2.05, 4.69) is 0 Å². The number of alkyl halides is 3. The molecule has 168 valence electrons. The van der Waals surface area contributed by atoms with Crippen molar-refractivity contribution in [3.8, 4) is 0 Å². The molecule has 3 aromatic carbocycles. The molecule has 0 unspecified atom stereocenters. The third-order valence-corrected chi connectivity index (χ3v) is 5.66. The molecule has 3 N–H and O–H groups in total. The SMILES string of the molecule is NS(=O)(=O)c1cc(C(=O)O)c(N(Cc2ccccc2)Cc2ccccc2)cc1C(F)(F)F. The second-order valence-corrected chi connectivity index (χ2v) is 8.57. The van der Waals surface area contributed by atoms with E-state index < -0.39 is 38.2 Å². The molecule has 0 aliphatic carbocycles. The lowest BCUT2D eigenvalue weighted by atomic mass is 10.0. The van der Waals surface area contributed by atoms with Crippen molar-refractivity contribution < 1.29 is 31.5 Å². The molecule has 0 heterocycles. The number of rotatable bonds is 7. The Morgan fingerprint density at radius 3 is 1.75 bits per heavy atom. The largest absolute Gasteiger partial charge is 0.478 e. The van der Waals surface area contributed by atoms with Crippen molar-refractivity contribution >= 4 is 21.7 Å². The number of sulfonamides is 1. The molecular weight excluding hydrogens is 445 g/mol. The number of carboxylic acid groups (broad SMARTS) is 1. The number of benzene rings is 3. The third kappa shape index (κ3) is 5.45. The first kappa shape index (κ1) is 23.3. The molecule has 0 spiro atoms. The van der Waals surface area contributed by atoms with Gasteiger partial charge in [0.1, 0.15) is 0 Å². The summed E-state index contributed by atoms with van der Waals surface area (Å²) in [5.74, 6) is -1.58.